The molecule has 0 fully saturated rings. The average Bonchev–Trinajstić information content (AvgIpc) is 2.89. The molecule has 1 N–H and O–H groups in total. The minimum absolute atomic E-state index is 0.105. The zero-order valence-electron chi connectivity index (χ0n) is 21.8. The molecule has 212 valence electrons. The van der Waals surface area contributed by atoms with Crippen LogP contribution in [0.15, 0.2) is 78.9 Å². The molecule has 0 aliphatic rings. The molecule has 0 unspecified atom stereocenters. The first-order valence-electron chi connectivity index (χ1n) is 12.5. The summed E-state index contributed by atoms with van der Waals surface area (Å²) in [6, 6.07) is 20.2. The summed E-state index contributed by atoms with van der Waals surface area (Å²) in [5, 5.41) is 3.22. The molecule has 0 aliphatic heterocycles. The fraction of sp³-hybridized carbons (Fsp3) is 0.300. The second-order valence-corrected chi connectivity index (χ2v) is 10.5. The Morgan fingerprint density at radius 2 is 1.43 bits per heavy atom. The highest BCUT2D eigenvalue weighted by molar-refractivity contribution is 6.34. The Morgan fingerprint density at radius 1 is 0.875 bits per heavy atom. The Balaban J connectivity index is 1.92. The zero-order valence-corrected chi connectivity index (χ0v) is 23.3. The SMILES string of the molecule is CC(C)[C@H](CC(=O)[C@@H](NC(=O)[C@@H](Cc1ccccc1)Oc1cc(Cl)cc(Cl)c1)c1ccccc1)C(=O)C(F)(F)F. The van der Waals surface area contributed by atoms with Crippen LogP contribution >= 0.6 is 23.2 Å². The lowest BCUT2D eigenvalue weighted by atomic mass is 9.84. The van der Waals surface area contributed by atoms with Crippen molar-refractivity contribution in [1.82, 2.24) is 5.32 Å². The highest BCUT2D eigenvalue weighted by atomic mass is 35.5. The highest BCUT2D eigenvalue weighted by Crippen LogP contribution is 2.30. The third-order valence-corrected chi connectivity index (χ3v) is 6.69. The smallest absolute Gasteiger partial charge is 0.450 e. The van der Waals surface area contributed by atoms with Gasteiger partial charge in [-0.15, -0.1) is 0 Å². The van der Waals surface area contributed by atoms with Crippen LogP contribution in [0, 0.1) is 11.8 Å². The number of benzene rings is 3. The van der Waals surface area contributed by atoms with E-state index in [-0.39, 0.29) is 22.2 Å². The number of hydrogen-bond donors (Lipinski definition) is 1. The Labute approximate surface area is 240 Å². The van der Waals surface area contributed by atoms with Crippen LogP contribution in [-0.2, 0) is 20.8 Å². The topological polar surface area (TPSA) is 72.5 Å². The van der Waals surface area contributed by atoms with E-state index < -0.39 is 54.1 Å². The van der Waals surface area contributed by atoms with Gasteiger partial charge in [-0.2, -0.15) is 13.2 Å². The summed E-state index contributed by atoms with van der Waals surface area (Å²) >= 11 is 12.2. The molecular weight excluding hydrogens is 566 g/mol. The minimum atomic E-state index is -5.09. The summed E-state index contributed by atoms with van der Waals surface area (Å²) in [6.45, 7) is 2.88. The van der Waals surface area contributed by atoms with Gasteiger partial charge in [0.2, 0.25) is 5.78 Å². The number of ether oxygens (including phenoxy) is 1. The highest BCUT2D eigenvalue weighted by Gasteiger charge is 2.45. The number of ketones is 2. The van der Waals surface area contributed by atoms with Gasteiger partial charge in [-0.1, -0.05) is 97.7 Å². The number of hydrogen-bond acceptors (Lipinski definition) is 4. The summed E-state index contributed by atoms with van der Waals surface area (Å²) in [5.41, 5.74) is 1.11. The lowest BCUT2D eigenvalue weighted by Gasteiger charge is -2.26. The van der Waals surface area contributed by atoms with Gasteiger partial charge in [0.15, 0.2) is 11.9 Å². The number of carbonyl (C=O) groups excluding carboxylic acids is 3. The van der Waals surface area contributed by atoms with E-state index in [1.54, 1.807) is 54.6 Å². The standard InChI is InChI=1S/C30H28Cl2F3NO4/c1-18(2)24(28(38)30(33,34)35)17-25(37)27(20-11-7-4-8-12-20)36-29(39)26(13-19-9-5-3-6-10-19)40-23-15-21(31)14-22(32)16-23/h3-12,14-16,18,24,26-27H,13,17H2,1-2H3,(H,36,39)/t24-,26+,27-/m0/s1. The van der Waals surface area contributed by atoms with Crippen molar-refractivity contribution >= 4 is 40.7 Å². The third-order valence-electron chi connectivity index (χ3n) is 6.25. The van der Waals surface area contributed by atoms with E-state index in [0.717, 1.165) is 5.56 Å². The first-order chi connectivity index (χ1) is 18.8. The minimum Gasteiger partial charge on any atom is -0.480 e. The molecule has 0 heterocycles. The van der Waals surface area contributed by atoms with Gasteiger partial charge < -0.3 is 10.1 Å². The normalized spacial score (nSPS) is 13.8. The molecule has 0 aromatic heterocycles. The van der Waals surface area contributed by atoms with Crippen LogP contribution in [0.25, 0.3) is 0 Å². The molecule has 10 heteroatoms. The van der Waals surface area contributed by atoms with Crippen LogP contribution in [0.3, 0.4) is 0 Å². The summed E-state index contributed by atoms with van der Waals surface area (Å²) in [4.78, 5) is 39.2. The summed E-state index contributed by atoms with van der Waals surface area (Å²) < 4.78 is 45.7. The maximum atomic E-state index is 13.6. The maximum Gasteiger partial charge on any atom is 0.450 e. The van der Waals surface area contributed by atoms with Gasteiger partial charge in [0.05, 0.1) is 0 Å². The van der Waals surface area contributed by atoms with Crippen molar-refractivity contribution in [1.29, 1.82) is 0 Å². The lowest BCUT2D eigenvalue weighted by Crippen LogP contribution is -2.45. The van der Waals surface area contributed by atoms with E-state index >= 15 is 0 Å². The van der Waals surface area contributed by atoms with E-state index in [1.807, 2.05) is 6.07 Å². The van der Waals surface area contributed by atoms with Gasteiger partial charge >= 0.3 is 6.18 Å². The molecule has 0 aliphatic carbocycles. The van der Waals surface area contributed by atoms with Gasteiger partial charge in [-0.3, -0.25) is 14.4 Å². The molecule has 40 heavy (non-hydrogen) atoms. The van der Waals surface area contributed by atoms with Crippen molar-refractivity contribution in [3.05, 3.63) is 100 Å². The van der Waals surface area contributed by atoms with Crippen molar-refractivity contribution < 1.29 is 32.3 Å². The molecule has 0 bridgehead atoms. The van der Waals surface area contributed by atoms with Crippen molar-refractivity contribution in [2.45, 2.75) is 45.0 Å². The molecule has 0 radical (unpaired) electrons. The predicted molar refractivity (Wildman–Crippen MR) is 147 cm³/mol. The first kappa shape index (κ1) is 31.2. The van der Waals surface area contributed by atoms with Crippen LogP contribution in [0.5, 0.6) is 5.75 Å². The van der Waals surface area contributed by atoms with Gasteiger partial charge in [0.25, 0.3) is 5.91 Å². The van der Waals surface area contributed by atoms with E-state index in [4.69, 9.17) is 27.9 Å². The third kappa shape index (κ3) is 8.83. The van der Waals surface area contributed by atoms with E-state index in [2.05, 4.69) is 5.32 Å². The average molecular weight is 594 g/mol. The second kappa shape index (κ2) is 13.8. The fourth-order valence-corrected chi connectivity index (χ4v) is 4.69. The predicted octanol–water partition coefficient (Wildman–Crippen LogP) is 7.20. The van der Waals surface area contributed by atoms with Crippen LogP contribution in [0.2, 0.25) is 10.0 Å². The molecule has 5 nitrogen and oxygen atoms in total. The molecule has 3 rings (SSSR count). The van der Waals surface area contributed by atoms with E-state index in [1.165, 1.54) is 32.0 Å². The molecule has 3 atom stereocenters. The summed E-state index contributed by atoms with van der Waals surface area (Å²) in [5.74, 6) is -5.54. The van der Waals surface area contributed by atoms with Gasteiger partial charge in [0, 0.05) is 28.8 Å². The lowest BCUT2D eigenvalue weighted by molar-refractivity contribution is -0.177. The monoisotopic (exact) mass is 593 g/mol. The zero-order chi connectivity index (χ0) is 29.4. The van der Waals surface area contributed by atoms with E-state index in [0.29, 0.717) is 5.56 Å². The Bertz CT molecular complexity index is 1300. The molecule has 3 aromatic rings. The Hall–Kier alpha value is -3.36. The number of rotatable bonds is 12. The number of nitrogens with one attached hydrogen (secondary N) is 1. The molecule has 0 spiro atoms. The van der Waals surface area contributed by atoms with Gasteiger partial charge in [-0.05, 0) is 35.2 Å². The summed E-state index contributed by atoms with van der Waals surface area (Å²) in [6.07, 6.45) is -6.85. The largest absolute Gasteiger partial charge is 0.480 e. The van der Waals surface area contributed by atoms with Crippen LogP contribution in [0.1, 0.15) is 37.4 Å². The summed E-state index contributed by atoms with van der Waals surface area (Å²) in [7, 11) is 0. The second-order valence-electron chi connectivity index (χ2n) is 9.64. The Morgan fingerprint density at radius 3 is 1.95 bits per heavy atom. The molecular formula is C30H28Cl2F3NO4. The number of amides is 1. The van der Waals surface area contributed by atoms with Crippen molar-refractivity contribution in [2.24, 2.45) is 11.8 Å². The van der Waals surface area contributed by atoms with Crippen molar-refractivity contribution in [3.8, 4) is 5.75 Å². The Kier molecular flexibility index (Phi) is 10.8. The number of halogens is 5. The number of carbonyl (C=O) groups is 3. The molecule has 1 amide bonds. The van der Waals surface area contributed by atoms with Crippen molar-refractivity contribution in [2.75, 3.05) is 0 Å². The van der Waals surface area contributed by atoms with Crippen LogP contribution in [-0.4, -0.2) is 29.8 Å². The first-order valence-corrected chi connectivity index (χ1v) is 13.3. The van der Waals surface area contributed by atoms with Gasteiger partial charge in [-0.25, -0.2) is 0 Å². The van der Waals surface area contributed by atoms with Crippen LogP contribution in [0.4, 0.5) is 13.2 Å². The fourth-order valence-electron chi connectivity index (χ4n) is 4.18. The quantitative estimate of drug-likeness (QED) is 0.241. The van der Waals surface area contributed by atoms with Gasteiger partial charge in [0.1, 0.15) is 11.8 Å². The van der Waals surface area contributed by atoms with E-state index in [9.17, 15) is 27.6 Å². The van der Waals surface area contributed by atoms with Crippen molar-refractivity contribution in [3.63, 3.8) is 0 Å². The molecule has 0 saturated carbocycles. The molecule has 0 saturated heterocycles. The molecule has 3 aromatic carbocycles. The number of Topliss-reactive ketones (excluding diaryl/α,β-unsaturated/α-hetero) is 2. The number of alkyl halides is 3. The van der Waals surface area contributed by atoms with Crippen LogP contribution < -0.4 is 10.1 Å². The maximum absolute atomic E-state index is 13.6.